The van der Waals surface area contributed by atoms with Crippen LogP contribution in [0.1, 0.15) is 35.3 Å². The molecule has 1 fully saturated rings. The average Bonchev–Trinajstić information content (AvgIpc) is 2.89. The van der Waals surface area contributed by atoms with Crippen LogP contribution in [-0.2, 0) is 23.0 Å². The first-order valence-corrected chi connectivity index (χ1v) is 8.38. The smallest absolute Gasteiger partial charge is 0.251 e. The van der Waals surface area contributed by atoms with Crippen molar-refractivity contribution in [2.45, 2.75) is 32.8 Å². The van der Waals surface area contributed by atoms with Crippen LogP contribution in [0.25, 0.3) is 0 Å². The first-order chi connectivity index (χ1) is 11.9. The predicted octanol–water partition coefficient (Wildman–Crippen LogP) is 0.653. The van der Waals surface area contributed by atoms with E-state index in [1.807, 2.05) is 20.2 Å². The SMILES string of the molecule is Cc1cc(=O)[nH]c(C2CN(C(=O)CCc3cn(C)nc3C)CCO2)n1. The number of hydrogen-bond acceptors (Lipinski definition) is 5. The molecule has 8 nitrogen and oxygen atoms in total. The summed E-state index contributed by atoms with van der Waals surface area (Å²) in [6, 6.07) is 1.44. The third-order valence-corrected chi connectivity index (χ3v) is 4.34. The summed E-state index contributed by atoms with van der Waals surface area (Å²) in [5.74, 6) is 0.553. The fourth-order valence-corrected chi connectivity index (χ4v) is 3.09. The summed E-state index contributed by atoms with van der Waals surface area (Å²) in [6.07, 6.45) is 2.65. The Labute approximate surface area is 145 Å². The minimum absolute atomic E-state index is 0.0755. The molecule has 0 radical (unpaired) electrons. The second kappa shape index (κ2) is 7.18. The van der Waals surface area contributed by atoms with Gasteiger partial charge in [-0.05, 0) is 25.8 Å². The molecule has 0 bridgehead atoms. The molecule has 1 aliphatic heterocycles. The van der Waals surface area contributed by atoms with E-state index in [0.29, 0.717) is 44.1 Å². The van der Waals surface area contributed by atoms with Crippen LogP contribution in [0.5, 0.6) is 0 Å². The topological polar surface area (TPSA) is 93.1 Å². The van der Waals surface area contributed by atoms with Crippen LogP contribution in [0.4, 0.5) is 0 Å². The van der Waals surface area contributed by atoms with E-state index in [2.05, 4.69) is 15.1 Å². The minimum Gasteiger partial charge on any atom is -0.367 e. The van der Waals surface area contributed by atoms with Gasteiger partial charge in [-0.15, -0.1) is 0 Å². The molecular formula is C17H23N5O3. The van der Waals surface area contributed by atoms with Gasteiger partial charge in [-0.25, -0.2) is 4.98 Å². The van der Waals surface area contributed by atoms with Gasteiger partial charge < -0.3 is 14.6 Å². The maximum atomic E-state index is 12.6. The molecule has 1 atom stereocenters. The van der Waals surface area contributed by atoms with Crippen LogP contribution in [0.15, 0.2) is 17.1 Å². The van der Waals surface area contributed by atoms with Crippen molar-refractivity contribution in [1.29, 1.82) is 0 Å². The summed E-state index contributed by atoms with van der Waals surface area (Å²) in [6.45, 7) is 5.10. The Hall–Kier alpha value is -2.48. The lowest BCUT2D eigenvalue weighted by atomic mass is 10.1. The van der Waals surface area contributed by atoms with Crippen LogP contribution >= 0.6 is 0 Å². The standard InChI is InChI=1S/C17H23N5O3/c1-11-8-15(23)19-17(18-11)14-10-22(6-7-25-14)16(24)5-4-13-9-21(3)20-12(13)2/h8-9,14H,4-7,10H2,1-3H3,(H,18,19,23). The number of amides is 1. The van der Waals surface area contributed by atoms with Gasteiger partial charge in [-0.3, -0.25) is 14.3 Å². The van der Waals surface area contributed by atoms with Crippen molar-refractivity contribution in [2.24, 2.45) is 7.05 Å². The summed E-state index contributed by atoms with van der Waals surface area (Å²) in [5.41, 5.74) is 2.47. The number of nitrogens with one attached hydrogen (secondary N) is 1. The molecule has 0 aromatic carbocycles. The van der Waals surface area contributed by atoms with Crippen molar-refractivity contribution in [3.8, 4) is 0 Å². The first kappa shape index (κ1) is 17.3. The van der Waals surface area contributed by atoms with Crippen molar-refractivity contribution in [2.75, 3.05) is 19.7 Å². The van der Waals surface area contributed by atoms with Gasteiger partial charge in [0.05, 0.1) is 18.8 Å². The van der Waals surface area contributed by atoms with Gasteiger partial charge in [0, 0.05) is 38.0 Å². The van der Waals surface area contributed by atoms with E-state index in [1.165, 1.54) is 6.07 Å². The van der Waals surface area contributed by atoms with Crippen LogP contribution in [-0.4, -0.2) is 50.3 Å². The lowest BCUT2D eigenvalue weighted by molar-refractivity contribution is -0.139. The van der Waals surface area contributed by atoms with E-state index in [0.717, 1.165) is 11.3 Å². The fraction of sp³-hybridized carbons (Fsp3) is 0.529. The largest absolute Gasteiger partial charge is 0.367 e. The van der Waals surface area contributed by atoms with Gasteiger partial charge in [0.1, 0.15) is 11.9 Å². The first-order valence-electron chi connectivity index (χ1n) is 8.38. The van der Waals surface area contributed by atoms with Gasteiger partial charge in [-0.1, -0.05) is 0 Å². The molecule has 1 unspecified atom stereocenters. The van der Waals surface area contributed by atoms with Gasteiger partial charge >= 0.3 is 0 Å². The van der Waals surface area contributed by atoms with Gasteiger partial charge in [0.25, 0.3) is 5.56 Å². The molecule has 0 aliphatic carbocycles. The lowest BCUT2D eigenvalue weighted by Crippen LogP contribution is -2.43. The van der Waals surface area contributed by atoms with Crippen molar-refractivity contribution >= 4 is 5.91 Å². The summed E-state index contributed by atoms with van der Waals surface area (Å²) < 4.78 is 7.46. The number of ether oxygens (including phenoxy) is 1. The molecule has 0 saturated carbocycles. The Morgan fingerprint density at radius 1 is 1.44 bits per heavy atom. The van der Waals surface area contributed by atoms with E-state index in [9.17, 15) is 9.59 Å². The maximum absolute atomic E-state index is 12.6. The van der Waals surface area contributed by atoms with E-state index in [4.69, 9.17) is 4.74 Å². The quantitative estimate of drug-likeness (QED) is 0.878. The highest BCUT2D eigenvalue weighted by molar-refractivity contribution is 5.76. The second-order valence-electron chi connectivity index (χ2n) is 6.38. The third kappa shape index (κ3) is 4.14. The van der Waals surface area contributed by atoms with Crippen LogP contribution < -0.4 is 5.56 Å². The van der Waals surface area contributed by atoms with Crippen LogP contribution in [0.2, 0.25) is 0 Å². The number of carbonyl (C=O) groups is 1. The summed E-state index contributed by atoms with van der Waals surface area (Å²) in [4.78, 5) is 33.0. The Morgan fingerprint density at radius 3 is 2.92 bits per heavy atom. The highest BCUT2D eigenvalue weighted by Gasteiger charge is 2.27. The van der Waals surface area contributed by atoms with E-state index < -0.39 is 6.10 Å². The Morgan fingerprint density at radius 2 is 2.24 bits per heavy atom. The number of aromatic nitrogens is 4. The average molecular weight is 345 g/mol. The molecule has 134 valence electrons. The minimum atomic E-state index is -0.398. The highest BCUT2D eigenvalue weighted by Crippen LogP contribution is 2.19. The second-order valence-corrected chi connectivity index (χ2v) is 6.38. The van der Waals surface area contributed by atoms with Crippen molar-refractivity contribution < 1.29 is 9.53 Å². The van der Waals surface area contributed by atoms with E-state index >= 15 is 0 Å². The maximum Gasteiger partial charge on any atom is 0.251 e. The summed E-state index contributed by atoms with van der Waals surface area (Å²) in [5, 5.41) is 4.30. The monoisotopic (exact) mass is 345 g/mol. The highest BCUT2D eigenvalue weighted by atomic mass is 16.5. The number of morpholine rings is 1. The number of aryl methyl sites for hydroxylation is 4. The van der Waals surface area contributed by atoms with E-state index in [-0.39, 0.29) is 11.5 Å². The summed E-state index contributed by atoms with van der Waals surface area (Å²) >= 11 is 0. The molecule has 2 aromatic rings. The third-order valence-electron chi connectivity index (χ3n) is 4.34. The molecule has 25 heavy (non-hydrogen) atoms. The molecular weight excluding hydrogens is 322 g/mol. The number of rotatable bonds is 4. The van der Waals surface area contributed by atoms with Gasteiger partial charge in [0.2, 0.25) is 5.91 Å². The zero-order valence-corrected chi connectivity index (χ0v) is 14.8. The van der Waals surface area contributed by atoms with Gasteiger partial charge in [0.15, 0.2) is 0 Å². The molecule has 0 spiro atoms. The van der Waals surface area contributed by atoms with Crippen molar-refractivity contribution in [3.63, 3.8) is 0 Å². The molecule has 2 aromatic heterocycles. The number of H-pyrrole nitrogens is 1. The number of hydrogen-bond donors (Lipinski definition) is 1. The molecule has 3 heterocycles. The molecule has 1 aliphatic rings. The molecule has 1 amide bonds. The zero-order chi connectivity index (χ0) is 18.0. The fourth-order valence-electron chi connectivity index (χ4n) is 3.09. The van der Waals surface area contributed by atoms with Gasteiger partial charge in [-0.2, -0.15) is 5.10 Å². The summed E-state index contributed by atoms with van der Waals surface area (Å²) in [7, 11) is 1.88. The lowest BCUT2D eigenvalue weighted by Gasteiger charge is -2.32. The molecule has 8 heteroatoms. The Kier molecular flexibility index (Phi) is 4.98. The Balaban J connectivity index is 1.63. The normalized spacial score (nSPS) is 17.7. The number of aromatic amines is 1. The number of nitrogens with zero attached hydrogens (tertiary/aromatic N) is 4. The predicted molar refractivity (Wildman–Crippen MR) is 91.1 cm³/mol. The molecule has 3 rings (SSSR count). The zero-order valence-electron chi connectivity index (χ0n) is 14.8. The van der Waals surface area contributed by atoms with Crippen LogP contribution in [0, 0.1) is 13.8 Å². The van der Waals surface area contributed by atoms with Crippen LogP contribution in [0.3, 0.4) is 0 Å². The van der Waals surface area contributed by atoms with Crippen molar-refractivity contribution in [1.82, 2.24) is 24.6 Å². The van der Waals surface area contributed by atoms with E-state index in [1.54, 1.807) is 16.5 Å². The molecule has 1 saturated heterocycles. The molecule has 1 N–H and O–H groups in total. The number of carbonyl (C=O) groups excluding carboxylic acids is 1. The Bertz CT molecular complexity index is 826. The van der Waals surface area contributed by atoms with Crippen molar-refractivity contribution in [3.05, 3.63) is 45.4 Å².